The first-order valence-corrected chi connectivity index (χ1v) is 12.8. The molecule has 0 heterocycles. The van der Waals surface area contributed by atoms with Gasteiger partial charge in [-0.25, -0.2) is 0 Å². The van der Waals surface area contributed by atoms with Crippen molar-refractivity contribution in [2.45, 2.75) is 70.1 Å². The summed E-state index contributed by atoms with van der Waals surface area (Å²) in [6.45, 7) is 4.28. The van der Waals surface area contributed by atoms with Crippen molar-refractivity contribution in [2.24, 2.45) is 23.7 Å². The van der Waals surface area contributed by atoms with E-state index in [4.69, 9.17) is 5.26 Å². The fourth-order valence-electron chi connectivity index (χ4n) is 7.58. The lowest BCUT2D eigenvalue weighted by Crippen LogP contribution is -2.36. The number of nitrogens with zero attached hydrogens (tertiary/aromatic N) is 2. The molecule has 0 saturated heterocycles. The lowest BCUT2D eigenvalue weighted by Gasteiger charge is -2.47. The smallest absolute Gasteiger partial charge is 0.0621 e. The average Bonchev–Trinajstić information content (AvgIpc) is 3.21. The van der Waals surface area contributed by atoms with Crippen molar-refractivity contribution in [3.8, 4) is 6.07 Å². The van der Waals surface area contributed by atoms with Crippen molar-refractivity contribution in [1.29, 1.82) is 5.26 Å². The topological polar surface area (TPSA) is 27.0 Å². The molecular weight excluding hydrogens is 388 g/mol. The molecule has 4 aliphatic rings. The molecule has 32 heavy (non-hydrogen) atoms. The number of benzene rings is 1. The summed E-state index contributed by atoms with van der Waals surface area (Å²) < 4.78 is 0. The van der Waals surface area contributed by atoms with Gasteiger partial charge in [0, 0.05) is 32.1 Å². The maximum atomic E-state index is 9.04. The summed E-state index contributed by atoms with van der Waals surface area (Å²) in [6, 6.07) is 11.8. The summed E-state index contributed by atoms with van der Waals surface area (Å²) in [7, 11) is 4.25. The largest absolute Gasteiger partial charge is 0.378 e. The summed E-state index contributed by atoms with van der Waals surface area (Å²) in [4.78, 5) is 2.20. The third-order valence-electron chi connectivity index (χ3n) is 9.04. The summed E-state index contributed by atoms with van der Waals surface area (Å²) in [5.74, 6) is 3.87. The number of hydrogen-bond acceptors (Lipinski definition) is 2. The van der Waals surface area contributed by atoms with Gasteiger partial charge < -0.3 is 4.90 Å². The Labute approximate surface area is 194 Å². The van der Waals surface area contributed by atoms with Crippen LogP contribution in [0.25, 0.3) is 0 Å². The first-order chi connectivity index (χ1) is 15.6. The van der Waals surface area contributed by atoms with E-state index in [-0.39, 0.29) is 0 Å². The van der Waals surface area contributed by atoms with E-state index < -0.39 is 0 Å². The Balaban J connectivity index is 1.53. The zero-order valence-corrected chi connectivity index (χ0v) is 19.9. The number of hydrogen-bond donors (Lipinski definition) is 0. The molecule has 0 spiro atoms. The van der Waals surface area contributed by atoms with Crippen LogP contribution in [0.2, 0.25) is 0 Å². The third-order valence-corrected chi connectivity index (χ3v) is 9.04. The maximum absolute atomic E-state index is 9.04. The Kier molecular flexibility index (Phi) is 6.02. The molecule has 0 aromatic heterocycles. The first kappa shape index (κ1) is 21.6. The molecule has 0 bridgehead atoms. The number of rotatable bonds is 5. The highest BCUT2D eigenvalue weighted by atomic mass is 15.1. The van der Waals surface area contributed by atoms with E-state index in [9.17, 15) is 0 Å². The number of allylic oxidation sites excluding steroid dienone is 5. The van der Waals surface area contributed by atoms with Gasteiger partial charge >= 0.3 is 0 Å². The van der Waals surface area contributed by atoms with Crippen LogP contribution in [0.1, 0.15) is 75.7 Å². The maximum Gasteiger partial charge on any atom is 0.0621 e. The average molecular weight is 427 g/mol. The molecular formula is C30H38N2. The number of anilines is 1. The summed E-state index contributed by atoms with van der Waals surface area (Å²) in [5, 5.41) is 9.04. The van der Waals surface area contributed by atoms with Gasteiger partial charge in [0.15, 0.2) is 0 Å². The Bertz CT molecular complexity index is 971. The molecule has 0 N–H and O–H groups in total. The predicted molar refractivity (Wildman–Crippen MR) is 134 cm³/mol. The normalized spacial score (nSPS) is 31.3. The molecule has 168 valence electrons. The molecule has 0 aliphatic heterocycles. The van der Waals surface area contributed by atoms with Crippen LogP contribution in [0.4, 0.5) is 5.69 Å². The summed E-state index contributed by atoms with van der Waals surface area (Å²) in [5.41, 5.74) is 9.25. The van der Waals surface area contributed by atoms with E-state index in [2.05, 4.69) is 62.0 Å². The van der Waals surface area contributed by atoms with Crippen molar-refractivity contribution in [1.82, 2.24) is 0 Å². The zero-order chi connectivity index (χ0) is 22.2. The van der Waals surface area contributed by atoms with Gasteiger partial charge in [0.2, 0.25) is 0 Å². The van der Waals surface area contributed by atoms with Gasteiger partial charge in [-0.3, -0.25) is 0 Å². The number of nitriles is 1. The van der Waals surface area contributed by atoms with Crippen molar-refractivity contribution in [2.75, 3.05) is 19.0 Å². The van der Waals surface area contributed by atoms with Crippen LogP contribution < -0.4 is 4.90 Å². The molecule has 5 atom stereocenters. The molecule has 0 radical (unpaired) electrons. The van der Waals surface area contributed by atoms with Crippen molar-refractivity contribution < 1.29 is 0 Å². The molecule has 2 nitrogen and oxygen atoms in total. The van der Waals surface area contributed by atoms with Crippen LogP contribution in [0.3, 0.4) is 0 Å². The molecule has 0 amide bonds. The minimum absolute atomic E-state index is 0.569. The quantitative estimate of drug-likeness (QED) is 0.454. The molecule has 4 aliphatic carbocycles. The highest BCUT2D eigenvalue weighted by molar-refractivity contribution is 5.53. The van der Waals surface area contributed by atoms with Crippen molar-refractivity contribution >= 4 is 5.69 Å². The molecule has 5 rings (SSSR count). The Morgan fingerprint density at radius 3 is 2.59 bits per heavy atom. The predicted octanol–water partition coefficient (Wildman–Crippen LogP) is 7.56. The minimum Gasteiger partial charge on any atom is -0.378 e. The monoisotopic (exact) mass is 426 g/mol. The lowest BCUT2D eigenvalue weighted by molar-refractivity contribution is 0.167. The van der Waals surface area contributed by atoms with Crippen molar-refractivity contribution in [3.63, 3.8) is 0 Å². The Morgan fingerprint density at radius 2 is 1.84 bits per heavy atom. The van der Waals surface area contributed by atoms with Crippen molar-refractivity contribution in [3.05, 3.63) is 64.8 Å². The number of fused-ring (bicyclic) bond motifs is 4. The van der Waals surface area contributed by atoms with Crippen LogP contribution in [0.15, 0.2) is 59.2 Å². The highest BCUT2D eigenvalue weighted by Crippen LogP contribution is 2.60. The van der Waals surface area contributed by atoms with Gasteiger partial charge in [-0.15, -0.1) is 0 Å². The highest BCUT2D eigenvalue weighted by Gasteiger charge is 2.49. The van der Waals surface area contributed by atoms with Crippen LogP contribution in [-0.2, 0) is 0 Å². The van der Waals surface area contributed by atoms with E-state index in [0.29, 0.717) is 5.92 Å². The van der Waals surface area contributed by atoms with Crippen LogP contribution in [0, 0.1) is 35.0 Å². The van der Waals surface area contributed by atoms with Gasteiger partial charge in [0.1, 0.15) is 0 Å². The molecule has 2 saturated carbocycles. The number of unbranched alkanes of at least 4 members (excludes halogenated alkanes) is 1. The Morgan fingerprint density at radius 1 is 1.03 bits per heavy atom. The molecule has 2 heteroatoms. The van der Waals surface area contributed by atoms with Gasteiger partial charge in [0.05, 0.1) is 6.07 Å². The second-order valence-corrected chi connectivity index (χ2v) is 10.9. The zero-order valence-electron chi connectivity index (χ0n) is 19.9. The van der Waals surface area contributed by atoms with E-state index in [1.54, 1.807) is 11.1 Å². The van der Waals surface area contributed by atoms with E-state index in [1.807, 2.05) is 5.57 Å². The van der Waals surface area contributed by atoms with E-state index >= 15 is 0 Å². The SMILES string of the molecule is C=C1C=C2CCC3C(=C2CC1)C(c1ccc(N(C)C)cc1)CC1C(CCCC#N)CCC31. The molecule has 2 fully saturated rings. The molecule has 1 aromatic rings. The molecule has 1 aromatic carbocycles. The second kappa shape index (κ2) is 8.93. The fourth-order valence-corrected chi connectivity index (χ4v) is 7.58. The second-order valence-electron chi connectivity index (χ2n) is 10.9. The van der Waals surface area contributed by atoms with Crippen LogP contribution in [-0.4, -0.2) is 14.1 Å². The standard InChI is InChI=1S/C30H38N2/c1-20-7-14-25-23(18-20)11-16-27-26-15-10-21(6-4-5-17-31)28(26)19-29(30(25)27)22-8-12-24(13-9-22)32(2)3/h8-9,12-13,18,21,26-29H,1,4-7,10-11,14-16,19H2,2-3H3. The first-order valence-electron chi connectivity index (χ1n) is 12.8. The fraction of sp³-hybridized carbons (Fsp3) is 0.567. The van der Waals surface area contributed by atoms with E-state index in [0.717, 1.165) is 42.9 Å². The minimum atomic E-state index is 0.569. The van der Waals surface area contributed by atoms with Gasteiger partial charge in [-0.05, 0) is 110 Å². The summed E-state index contributed by atoms with van der Waals surface area (Å²) in [6.07, 6.45) is 14.5. The van der Waals surface area contributed by atoms with Crippen LogP contribution in [0.5, 0.6) is 0 Å². The van der Waals surface area contributed by atoms with Gasteiger partial charge in [0.25, 0.3) is 0 Å². The van der Waals surface area contributed by atoms with Gasteiger partial charge in [-0.1, -0.05) is 35.9 Å². The Hall–Kier alpha value is -2.27. The van der Waals surface area contributed by atoms with Crippen LogP contribution >= 0.6 is 0 Å². The van der Waals surface area contributed by atoms with Gasteiger partial charge in [-0.2, -0.15) is 5.26 Å². The molecule has 5 unspecified atom stereocenters. The summed E-state index contributed by atoms with van der Waals surface area (Å²) >= 11 is 0. The lowest BCUT2D eigenvalue weighted by atomic mass is 9.57. The van der Waals surface area contributed by atoms with E-state index in [1.165, 1.54) is 61.8 Å². The third kappa shape index (κ3) is 3.85.